The first-order valence-electron chi connectivity index (χ1n) is 12.4. The van der Waals surface area contributed by atoms with E-state index >= 15 is 0 Å². The number of aromatic nitrogens is 4. The highest BCUT2D eigenvalue weighted by atomic mass is 15.1. The number of nitrogens with zero attached hydrogens (tertiary/aromatic N) is 4. The predicted octanol–water partition coefficient (Wildman–Crippen LogP) is 5.34. The van der Waals surface area contributed by atoms with Crippen molar-refractivity contribution in [2.24, 2.45) is 0 Å². The Bertz CT molecular complexity index is 950. The summed E-state index contributed by atoms with van der Waals surface area (Å²) in [5.41, 5.74) is 2.58. The summed E-state index contributed by atoms with van der Waals surface area (Å²) in [4.78, 5) is 17.5. The van der Waals surface area contributed by atoms with E-state index in [2.05, 4.69) is 86.5 Å². The van der Waals surface area contributed by atoms with Crippen LogP contribution in [0.3, 0.4) is 0 Å². The van der Waals surface area contributed by atoms with E-state index < -0.39 is 0 Å². The molecule has 1 unspecified atom stereocenters. The molecular weight excluding hydrogens is 424 g/mol. The van der Waals surface area contributed by atoms with E-state index in [0.29, 0.717) is 17.8 Å². The number of hydrogen-bond donors (Lipinski definition) is 4. The van der Waals surface area contributed by atoms with E-state index in [1.807, 2.05) is 19.9 Å². The Morgan fingerprint density at radius 2 is 1.29 bits per heavy atom. The molecule has 8 nitrogen and oxygen atoms in total. The summed E-state index contributed by atoms with van der Waals surface area (Å²) >= 11 is 0. The van der Waals surface area contributed by atoms with Gasteiger partial charge in [0.15, 0.2) is 0 Å². The molecule has 2 aromatic heterocycles. The van der Waals surface area contributed by atoms with E-state index in [-0.39, 0.29) is 0 Å². The van der Waals surface area contributed by atoms with Crippen LogP contribution in [0.1, 0.15) is 63.6 Å². The molecule has 0 bridgehead atoms. The minimum Gasteiger partial charge on any atom is -0.370 e. The fourth-order valence-corrected chi connectivity index (χ4v) is 4.00. The number of rotatable bonds is 10. The quantitative estimate of drug-likeness (QED) is 0.320. The molecule has 2 heterocycles. The first-order chi connectivity index (χ1) is 16.7. The summed E-state index contributed by atoms with van der Waals surface area (Å²) in [5, 5.41) is 12.7. The zero-order chi connectivity index (χ0) is 24.2. The summed E-state index contributed by atoms with van der Waals surface area (Å²) in [7, 11) is 0. The van der Waals surface area contributed by atoms with Gasteiger partial charge in [-0.2, -0.15) is 9.97 Å². The monoisotopic (exact) mass is 462 g/mol. The molecule has 2 atom stereocenters. The van der Waals surface area contributed by atoms with Crippen LogP contribution in [-0.2, 0) is 0 Å². The molecule has 182 valence electrons. The van der Waals surface area contributed by atoms with Crippen molar-refractivity contribution < 1.29 is 0 Å². The Labute approximate surface area is 203 Å². The molecule has 1 aromatic carbocycles. The standard InChI is InChI=1S/C18H24N4.C8H14N4/c1-3-19-17-12-16(21-18(22-17)20-4-2)15-11-10-14(15)13-8-6-5-7-9-13;1-3-9-7-5-6-11-8(12-7)10-4-2/h5-9,12,14-15H,3-4,10-11H2,1-2H3,(H2,19,20,21,22);5-6H,3-4H2,1-2H3,(H2,9,10,11,12)/t14?,15-;/m0./s1. The van der Waals surface area contributed by atoms with Crippen molar-refractivity contribution in [3.05, 3.63) is 59.9 Å². The Morgan fingerprint density at radius 3 is 1.94 bits per heavy atom. The van der Waals surface area contributed by atoms with E-state index in [9.17, 15) is 0 Å². The van der Waals surface area contributed by atoms with Gasteiger partial charge in [-0.25, -0.2) is 9.97 Å². The SMILES string of the molecule is CCNc1cc([C@H]2CCC2c2ccccc2)nc(NCC)n1.CCNc1ccnc(NCC)n1. The zero-order valence-corrected chi connectivity index (χ0v) is 20.8. The predicted molar refractivity (Wildman–Crippen MR) is 142 cm³/mol. The molecule has 1 aliphatic rings. The lowest BCUT2D eigenvalue weighted by atomic mass is 9.68. The van der Waals surface area contributed by atoms with Crippen LogP contribution in [0.5, 0.6) is 0 Å². The lowest BCUT2D eigenvalue weighted by Gasteiger charge is -2.37. The van der Waals surface area contributed by atoms with Crippen molar-refractivity contribution in [2.45, 2.75) is 52.4 Å². The van der Waals surface area contributed by atoms with Crippen LogP contribution in [0.2, 0.25) is 0 Å². The summed E-state index contributed by atoms with van der Waals surface area (Å²) in [6.45, 7) is 11.6. The smallest absolute Gasteiger partial charge is 0.224 e. The van der Waals surface area contributed by atoms with Crippen LogP contribution in [0.4, 0.5) is 23.5 Å². The van der Waals surface area contributed by atoms with Crippen LogP contribution < -0.4 is 21.3 Å². The van der Waals surface area contributed by atoms with E-state index in [0.717, 1.165) is 49.5 Å². The minimum atomic E-state index is 0.500. The highest BCUT2D eigenvalue weighted by molar-refractivity contribution is 5.44. The fraction of sp³-hybridized carbons (Fsp3) is 0.462. The van der Waals surface area contributed by atoms with Crippen molar-refractivity contribution in [3.63, 3.8) is 0 Å². The van der Waals surface area contributed by atoms with Crippen LogP contribution >= 0.6 is 0 Å². The highest BCUT2D eigenvalue weighted by Gasteiger charge is 2.34. The fourth-order valence-electron chi connectivity index (χ4n) is 4.00. The van der Waals surface area contributed by atoms with Crippen LogP contribution in [0, 0.1) is 0 Å². The third-order valence-corrected chi connectivity index (χ3v) is 5.67. The third-order valence-electron chi connectivity index (χ3n) is 5.67. The molecule has 0 saturated heterocycles. The van der Waals surface area contributed by atoms with Gasteiger partial charge in [-0.1, -0.05) is 30.3 Å². The van der Waals surface area contributed by atoms with E-state index in [4.69, 9.17) is 4.98 Å². The molecule has 0 radical (unpaired) electrons. The highest BCUT2D eigenvalue weighted by Crippen LogP contribution is 2.48. The molecule has 1 aliphatic carbocycles. The molecular formula is C26H38N8. The van der Waals surface area contributed by atoms with Crippen LogP contribution in [-0.4, -0.2) is 46.1 Å². The molecule has 3 aromatic rings. The maximum atomic E-state index is 4.74. The zero-order valence-electron chi connectivity index (χ0n) is 20.8. The molecule has 34 heavy (non-hydrogen) atoms. The van der Waals surface area contributed by atoms with Crippen molar-refractivity contribution >= 4 is 23.5 Å². The molecule has 4 N–H and O–H groups in total. The number of hydrogen-bond acceptors (Lipinski definition) is 8. The van der Waals surface area contributed by atoms with Gasteiger partial charge in [-0.15, -0.1) is 0 Å². The van der Waals surface area contributed by atoms with Gasteiger partial charge in [-0.3, -0.25) is 0 Å². The Kier molecular flexibility index (Phi) is 9.88. The Morgan fingerprint density at radius 1 is 0.676 bits per heavy atom. The Balaban J connectivity index is 0.000000229. The number of nitrogens with one attached hydrogen (secondary N) is 4. The first kappa shape index (κ1) is 25.2. The lowest BCUT2D eigenvalue weighted by Crippen LogP contribution is -2.23. The molecule has 0 aliphatic heterocycles. The van der Waals surface area contributed by atoms with Crippen molar-refractivity contribution in [1.29, 1.82) is 0 Å². The summed E-state index contributed by atoms with van der Waals surface area (Å²) in [6, 6.07) is 14.8. The van der Waals surface area contributed by atoms with E-state index in [1.165, 1.54) is 18.4 Å². The van der Waals surface area contributed by atoms with Crippen molar-refractivity contribution in [2.75, 3.05) is 47.4 Å². The number of benzene rings is 1. The lowest BCUT2D eigenvalue weighted by molar-refractivity contribution is 0.340. The average molecular weight is 463 g/mol. The molecule has 1 saturated carbocycles. The van der Waals surface area contributed by atoms with Crippen LogP contribution in [0.15, 0.2) is 48.7 Å². The van der Waals surface area contributed by atoms with Gasteiger partial charge in [0.1, 0.15) is 11.6 Å². The maximum absolute atomic E-state index is 4.74. The van der Waals surface area contributed by atoms with Gasteiger partial charge in [-0.05, 0) is 58.1 Å². The molecule has 0 amide bonds. The van der Waals surface area contributed by atoms with Gasteiger partial charge in [0.2, 0.25) is 11.9 Å². The molecule has 8 heteroatoms. The summed E-state index contributed by atoms with van der Waals surface area (Å²) in [5.74, 6) is 4.27. The summed E-state index contributed by atoms with van der Waals surface area (Å²) < 4.78 is 0. The molecule has 0 spiro atoms. The maximum Gasteiger partial charge on any atom is 0.224 e. The van der Waals surface area contributed by atoms with Crippen LogP contribution in [0.25, 0.3) is 0 Å². The normalized spacial score (nSPS) is 16.5. The second kappa shape index (κ2) is 13.3. The Hall–Kier alpha value is -3.42. The first-order valence-corrected chi connectivity index (χ1v) is 12.4. The third kappa shape index (κ3) is 7.04. The van der Waals surface area contributed by atoms with E-state index in [1.54, 1.807) is 6.20 Å². The van der Waals surface area contributed by atoms with Gasteiger partial charge < -0.3 is 21.3 Å². The second-order valence-corrected chi connectivity index (χ2v) is 8.09. The van der Waals surface area contributed by atoms with Gasteiger partial charge in [0.25, 0.3) is 0 Å². The van der Waals surface area contributed by atoms with Gasteiger partial charge >= 0.3 is 0 Å². The second-order valence-electron chi connectivity index (χ2n) is 8.09. The van der Waals surface area contributed by atoms with Gasteiger partial charge in [0.05, 0.1) is 5.69 Å². The molecule has 1 fully saturated rings. The number of anilines is 4. The molecule has 4 rings (SSSR count). The minimum absolute atomic E-state index is 0.500. The average Bonchev–Trinajstić information content (AvgIpc) is 2.81. The van der Waals surface area contributed by atoms with Crippen molar-refractivity contribution in [1.82, 2.24) is 19.9 Å². The van der Waals surface area contributed by atoms with Gasteiger partial charge in [0, 0.05) is 44.4 Å². The largest absolute Gasteiger partial charge is 0.370 e. The van der Waals surface area contributed by atoms with Crippen molar-refractivity contribution in [3.8, 4) is 0 Å². The topological polar surface area (TPSA) is 99.7 Å². The summed E-state index contributed by atoms with van der Waals surface area (Å²) in [6.07, 6.45) is 4.18.